The van der Waals surface area contributed by atoms with E-state index in [0.29, 0.717) is 11.4 Å². The van der Waals surface area contributed by atoms with Crippen LogP contribution in [-0.4, -0.2) is 31.4 Å². The van der Waals surface area contributed by atoms with Crippen molar-refractivity contribution in [3.05, 3.63) is 58.8 Å². The van der Waals surface area contributed by atoms with Gasteiger partial charge in [0.25, 0.3) is 11.8 Å². The minimum Gasteiger partial charge on any atom is -0.321 e. The minimum atomic E-state index is -0.449. The molecule has 0 fully saturated rings. The Kier molecular flexibility index (Phi) is 6.66. The van der Waals surface area contributed by atoms with Crippen LogP contribution in [-0.2, 0) is 9.59 Å². The molecule has 2 rings (SSSR count). The molecule has 0 aliphatic rings. The minimum absolute atomic E-state index is 0.138. The highest BCUT2D eigenvalue weighted by Crippen LogP contribution is 2.20. The van der Waals surface area contributed by atoms with Crippen LogP contribution in [0.15, 0.2) is 53.0 Å². The second-order valence-electron chi connectivity index (χ2n) is 5.77. The van der Waals surface area contributed by atoms with E-state index < -0.39 is 6.04 Å². The molecule has 0 aliphatic heterocycles. The van der Waals surface area contributed by atoms with Gasteiger partial charge < -0.3 is 15.5 Å². The van der Waals surface area contributed by atoms with E-state index in [1.807, 2.05) is 18.2 Å². The van der Waals surface area contributed by atoms with Gasteiger partial charge in [-0.3, -0.25) is 9.59 Å². The molecule has 0 aromatic heterocycles. The second kappa shape index (κ2) is 8.73. The fourth-order valence-corrected chi connectivity index (χ4v) is 2.55. The molecule has 1 unspecified atom stereocenters. The highest BCUT2D eigenvalue weighted by atomic mass is 79.9. The van der Waals surface area contributed by atoms with Gasteiger partial charge in [0.1, 0.15) is 5.82 Å². The Hall–Kier alpha value is -2.25. The topological polar surface area (TPSA) is 62.6 Å². The molecule has 25 heavy (non-hydrogen) atoms. The Morgan fingerprint density at radius 1 is 1.12 bits per heavy atom. The van der Waals surface area contributed by atoms with Gasteiger partial charge in [0.15, 0.2) is 12.6 Å². The van der Waals surface area contributed by atoms with Crippen LogP contribution in [0.25, 0.3) is 0 Å². The van der Waals surface area contributed by atoms with Crippen molar-refractivity contribution in [1.29, 1.82) is 0 Å². The Morgan fingerprint density at radius 3 is 2.40 bits per heavy atom. The average molecular weight is 409 g/mol. The number of carbonyl (C=O) groups is 2. The van der Waals surface area contributed by atoms with Gasteiger partial charge in [0, 0.05) is 10.2 Å². The maximum Gasteiger partial charge on any atom is 0.282 e. The van der Waals surface area contributed by atoms with E-state index in [9.17, 15) is 14.0 Å². The number of hydrogen-bond donors (Lipinski definition) is 3. The first-order valence-corrected chi connectivity index (χ1v) is 8.59. The van der Waals surface area contributed by atoms with Crippen molar-refractivity contribution in [3.63, 3.8) is 0 Å². The fraction of sp³-hybridized carbons (Fsp3) is 0.222. The van der Waals surface area contributed by atoms with E-state index in [-0.39, 0.29) is 24.2 Å². The number of anilines is 2. The number of halogens is 2. The number of para-hydroxylation sites is 1. The van der Waals surface area contributed by atoms with Gasteiger partial charge >= 0.3 is 0 Å². The molecule has 2 atom stereocenters. The molecular weight excluding hydrogens is 389 g/mol. The zero-order valence-corrected chi connectivity index (χ0v) is 15.6. The third-order valence-electron chi connectivity index (χ3n) is 3.83. The van der Waals surface area contributed by atoms with Crippen LogP contribution in [0, 0.1) is 5.82 Å². The number of hydrogen-bond acceptors (Lipinski definition) is 2. The highest BCUT2D eigenvalue weighted by molar-refractivity contribution is 9.10. The lowest BCUT2D eigenvalue weighted by atomic mass is 10.2. The number of nitrogens with one attached hydrogen (secondary N) is 3. The maximum atomic E-state index is 12.9. The first kappa shape index (κ1) is 19.1. The van der Waals surface area contributed by atoms with E-state index >= 15 is 0 Å². The van der Waals surface area contributed by atoms with Gasteiger partial charge in [-0.25, -0.2) is 4.39 Å². The normalized spacial score (nSPS) is 13.0. The van der Waals surface area contributed by atoms with Crippen molar-refractivity contribution in [3.8, 4) is 0 Å². The molecule has 7 heteroatoms. The monoisotopic (exact) mass is 408 g/mol. The summed E-state index contributed by atoms with van der Waals surface area (Å²) in [5.41, 5.74) is 1.20. The molecule has 2 aromatic carbocycles. The lowest BCUT2D eigenvalue weighted by Crippen LogP contribution is -3.14. The van der Waals surface area contributed by atoms with Crippen LogP contribution in [0.2, 0.25) is 0 Å². The third kappa shape index (κ3) is 5.65. The summed E-state index contributed by atoms with van der Waals surface area (Å²) in [6.07, 6.45) is 0. The fourth-order valence-electron chi connectivity index (χ4n) is 2.17. The summed E-state index contributed by atoms with van der Waals surface area (Å²) in [4.78, 5) is 25.2. The van der Waals surface area contributed by atoms with Crippen LogP contribution in [0.4, 0.5) is 15.8 Å². The van der Waals surface area contributed by atoms with E-state index in [0.717, 1.165) is 9.37 Å². The van der Waals surface area contributed by atoms with Crippen LogP contribution in [0.5, 0.6) is 0 Å². The number of carbonyl (C=O) groups excluding carboxylic acids is 2. The molecule has 0 radical (unpaired) electrons. The SMILES string of the molecule is C[C@H](C(=O)Nc1ccc(F)cc1)[NH+](C)CC(=O)Nc1ccccc1Br. The summed E-state index contributed by atoms with van der Waals surface area (Å²) < 4.78 is 13.7. The zero-order valence-electron chi connectivity index (χ0n) is 14.0. The Bertz CT molecular complexity index is 752. The van der Waals surface area contributed by atoms with Gasteiger partial charge in [-0.2, -0.15) is 0 Å². The van der Waals surface area contributed by atoms with Gasteiger partial charge in [-0.05, 0) is 59.3 Å². The number of likely N-dealkylation sites (N-methyl/N-ethyl adjacent to an activating group) is 1. The first-order chi connectivity index (χ1) is 11.9. The van der Waals surface area contributed by atoms with Crippen LogP contribution in [0.1, 0.15) is 6.92 Å². The lowest BCUT2D eigenvalue weighted by molar-refractivity contribution is -0.885. The Morgan fingerprint density at radius 2 is 1.76 bits per heavy atom. The average Bonchev–Trinajstić information content (AvgIpc) is 2.58. The quantitative estimate of drug-likeness (QED) is 0.684. The van der Waals surface area contributed by atoms with Crippen molar-refractivity contribution in [2.24, 2.45) is 0 Å². The molecule has 5 nitrogen and oxygen atoms in total. The number of amides is 2. The molecule has 3 N–H and O–H groups in total. The molecule has 132 valence electrons. The van der Waals surface area contributed by atoms with Crippen LogP contribution < -0.4 is 15.5 Å². The van der Waals surface area contributed by atoms with Gasteiger partial charge in [0.2, 0.25) is 0 Å². The van der Waals surface area contributed by atoms with Gasteiger partial charge in [-0.1, -0.05) is 12.1 Å². The Balaban J connectivity index is 1.89. The lowest BCUT2D eigenvalue weighted by Gasteiger charge is -2.20. The molecule has 0 saturated heterocycles. The predicted octanol–water partition coefficient (Wildman–Crippen LogP) is 2.07. The number of rotatable bonds is 6. The summed E-state index contributed by atoms with van der Waals surface area (Å²) in [6.45, 7) is 1.87. The van der Waals surface area contributed by atoms with Crippen molar-refractivity contribution in [2.75, 3.05) is 24.2 Å². The van der Waals surface area contributed by atoms with Crippen LogP contribution >= 0.6 is 15.9 Å². The second-order valence-corrected chi connectivity index (χ2v) is 6.62. The standard InChI is InChI=1S/C18H19BrFN3O2/c1-12(18(25)21-14-9-7-13(20)8-10-14)23(2)11-17(24)22-16-6-4-3-5-15(16)19/h3-10,12H,11H2,1-2H3,(H,21,25)(H,22,24)/p+1/t12-/m1/s1. The summed E-state index contributed by atoms with van der Waals surface area (Å²) in [5, 5.41) is 5.53. The molecule has 0 bridgehead atoms. The molecular formula is C18H20BrFN3O2+. The molecule has 2 aromatic rings. The van der Waals surface area contributed by atoms with E-state index in [1.54, 1.807) is 20.0 Å². The summed E-state index contributed by atoms with van der Waals surface area (Å²) in [7, 11) is 1.77. The molecule has 0 saturated carbocycles. The maximum absolute atomic E-state index is 12.9. The molecule has 0 aliphatic carbocycles. The van der Waals surface area contributed by atoms with Crippen molar-refractivity contribution in [1.82, 2.24) is 0 Å². The number of quaternary nitrogens is 1. The van der Waals surface area contributed by atoms with Gasteiger partial charge in [-0.15, -0.1) is 0 Å². The zero-order chi connectivity index (χ0) is 18.4. The van der Waals surface area contributed by atoms with E-state index in [1.165, 1.54) is 24.3 Å². The van der Waals surface area contributed by atoms with Crippen molar-refractivity contribution >= 4 is 39.1 Å². The third-order valence-corrected chi connectivity index (χ3v) is 4.52. The summed E-state index contributed by atoms with van der Waals surface area (Å²) >= 11 is 3.37. The number of benzene rings is 2. The molecule has 0 heterocycles. The summed E-state index contributed by atoms with van der Waals surface area (Å²) in [5.74, 6) is -0.791. The van der Waals surface area contributed by atoms with Crippen molar-refractivity contribution < 1.29 is 18.9 Å². The summed E-state index contributed by atoms with van der Waals surface area (Å²) in [6, 6.07) is 12.4. The van der Waals surface area contributed by atoms with E-state index in [2.05, 4.69) is 26.6 Å². The van der Waals surface area contributed by atoms with Crippen molar-refractivity contribution in [2.45, 2.75) is 13.0 Å². The first-order valence-electron chi connectivity index (χ1n) is 7.80. The predicted molar refractivity (Wildman–Crippen MR) is 99.0 cm³/mol. The van der Waals surface area contributed by atoms with Gasteiger partial charge in [0.05, 0.1) is 12.7 Å². The Labute approximate surface area is 154 Å². The van der Waals surface area contributed by atoms with Crippen LogP contribution in [0.3, 0.4) is 0 Å². The largest absolute Gasteiger partial charge is 0.321 e. The molecule has 2 amide bonds. The smallest absolute Gasteiger partial charge is 0.282 e. The van der Waals surface area contributed by atoms with E-state index in [4.69, 9.17) is 0 Å². The highest BCUT2D eigenvalue weighted by Gasteiger charge is 2.24. The molecule has 0 spiro atoms.